The molecule has 0 saturated carbocycles. The van der Waals surface area contributed by atoms with Crippen molar-refractivity contribution in [2.24, 2.45) is 5.16 Å². The molecule has 6 rings (SSSR count). The van der Waals surface area contributed by atoms with E-state index in [2.05, 4.69) is 10.1 Å². The molecule has 204 valence electrons. The van der Waals surface area contributed by atoms with Gasteiger partial charge in [-0.3, -0.25) is 14.2 Å². The van der Waals surface area contributed by atoms with Crippen LogP contribution >= 0.6 is 22.9 Å². The minimum Gasteiger partial charge on any atom is -0.481 e. The van der Waals surface area contributed by atoms with Crippen LogP contribution in [0.25, 0.3) is 21.1 Å². The minimum absolute atomic E-state index is 0.0436. The van der Waals surface area contributed by atoms with Crippen molar-refractivity contribution in [3.05, 3.63) is 92.2 Å². The van der Waals surface area contributed by atoms with Gasteiger partial charge in [0.2, 0.25) is 0 Å². The highest BCUT2D eigenvalue weighted by molar-refractivity contribution is 7.18. The molecule has 2 aromatic heterocycles. The van der Waals surface area contributed by atoms with Gasteiger partial charge in [0, 0.05) is 29.8 Å². The lowest BCUT2D eigenvalue weighted by Crippen LogP contribution is -2.29. The number of aliphatic carboxylic acids is 1. The molecular formula is C29H24ClFN4O4S. The smallest absolute Gasteiger partial charge is 0.303 e. The summed E-state index contributed by atoms with van der Waals surface area (Å²) in [5, 5.41) is 15.2. The van der Waals surface area contributed by atoms with Gasteiger partial charge in [-0.25, -0.2) is 14.4 Å². The molecule has 8 nitrogen and oxygen atoms in total. The van der Waals surface area contributed by atoms with Crippen molar-refractivity contribution in [3.63, 3.8) is 0 Å². The molecule has 0 bridgehead atoms. The number of benzene rings is 2. The van der Waals surface area contributed by atoms with Crippen LogP contribution in [-0.4, -0.2) is 31.3 Å². The number of carbonyl (C=O) groups is 1. The topological polar surface area (TPSA) is 107 Å². The van der Waals surface area contributed by atoms with E-state index in [1.807, 2.05) is 24.3 Å². The maximum Gasteiger partial charge on any atom is 0.303 e. The lowest BCUT2D eigenvalue weighted by Gasteiger charge is -2.21. The summed E-state index contributed by atoms with van der Waals surface area (Å²) in [6, 6.07) is 10.6. The molecule has 1 aliphatic carbocycles. The summed E-state index contributed by atoms with van der Waals surface area (Å²) in [5.74, 6) is -0.656. The highest BCUT2D eigenvalue weighted by atomic mass is 35.5. The number of carboxylic acid groups (broad SMARTS) is 1. The van der Waals surface area contributed by atoms with Crippen molar-refractivity contribution in [2.75, 3.05) is 0 Å². The molecule has 3 heterocycles. The van der Waals surface area contributed by atoms with E-state index in [1.54, 1.807) is 22.8 Å². The van der Waals surface area contributed by atoms with Crippen LogP contribution in [0.1, 0.15) is 60.6 Å². The van der Waals surface area contributed by atoms with Crippen LogP contribution in [0.5, 0.6) is 0 Å². The molecule has 2 unspecified atom stereocenters. The average Bonchev–Trinajstić information content (AvgIpc) is 3.59. The highest BCUT2D eigenvalue weighted by Gasteiger charge is 2.28. The summed E-state index contributed by atoms with van der Waals surface area (Å²) in [5.41, 5.74) is 2.69. The zero-order valence-corrected chi connectivity index (χ0v) is 22.8. The second-order valence-corrected chi connectivity index (χ2v) is 11.3. The summed E-state index contributed by atoms with van der Waals surface area (Å²) in [7, 11) is 0. The Hall–Kier alpha value is -3.89. The van der Waals surface area contributed by atoms with E-state index < -0.39 is 5.97 Å². The summed E-state index contributed by atoms with van der Waals surface area (Å²) >= 11 is 7.64. The van der Waals surface area contributed by atoms with Crippen LogP contribution in [0.2, 0.25) is 5.02 Å². The van der Waals surface area contributed by atoms with Crippen molar-refractivity contribution in [2.45, 2.75) is 50.7 Å². The van der Waals surface area contributed by atoms with Crippen molar-refractivity contribution in [1.29, 1.82) is 0 Å². The van der Waals surface area contributed by atoms with Gasteiger partial charge in [-0.05, 0) is 61.7 Å². The molecule has 1 N–H and O–H groups in total. The Bertz CT molecular complexity index is 1790. The lowest BCUT2D eigenvalue weighted by atomic mass is 10.0. The fourth-order valence-corrected chi connectivity index (χ4v) is 6.28. The van der Waals surface area contributed by atoms with Crippen LogP contribution in [0, 0.1) is 0 Å². The van der Waals surface area contributed by atoms with Gasteiger partial charge in [0.25, 0.3) is 5.56 Å². The molecule has 2 atom stereocenters. The third kappa shape index (κ3) is 5.29. The Morgan fingerprint density at radius 2 is 2.05 bits per heavy atom. The number of unbranched alkanes of at least 4 members (excludes halogenated alkanes) is 1. The molecule has 4 aromatic rings. The molecule has 0 radical (unpaired) electrons. The largest absolute Gasteiger partial charge is 0.481 e. The monoisotopic (exact) mass is 578 g/mol. The van der Waals surface area contributed by atoms with Crippen molar-refractivity contribution >= 4 is 55.7 Å². The standard InChI is InChI=1S/C29H24ClFN4O4S/c30-17-6-12-21-25(14-17)40-28(33-21)24-15-22(34-39-24)16-5-11-20-23(13-16)32-26(3-1-2-4-27(36)37)35(29(20)38)19-9-7-18(31)8-10-19/h5-9,11-14,19,24H,1-4,10,15H2,(H,36,37). The first-order chi connectivity index (χ1) is 19.4. The number of oxime groups is 1. The van der Waals surface area contributed by atoms with Gasteiger partial charge in [-0.15, -0.1) is 11.3 Å². The molecule has 40 heavy (non-hydrogen) atoms. The summed E-state index contributed by atoms with van der Waals surface area (Å²) in [4.78, 5) is 39.9. The Balaban J connectivity index is 1.29. The number of thiazole rings is 1. The first-order valence-corrected chi connectivity index (χ1v) is 14.1. The van der Waals surface area contributed by atoms with Crippen LogP contribution in [-0.2, 0) is 16.1 Å². The van der Waals surface area contributed by atoms with E-state index >= 15 is 0 Å². The number of rotatable bonds is 8. The molecule has 0 fully saturated rings. The highest BCUT2D eigenvalue weighted by Crippen LogP contribution is 2.36. The van der Waals surface area contributed by atoms with Crippen LogP contribution < -0.4 is 5.56 Å². The van der Waals surface area contributed by atoms with Crippen LogP contribution in [0.3, 0.4) is 0 Å². The number of carboxylic acids is 1. The van der Waals surface area contributed by atoms with Crippen molar-refractivity contribution < 1.29 is 19.1 Å². The predicted molar refractivity (Wildman–Crippen MR) is 153 cm³/mol. The molecular weight excluding hydrogens is 555 g/mol. The molecule has 1 aliphatic heterocycles. The number of hydrogen-bond donors (Lipinski definition) is 1. The van der Waals surface area contributed by atoms with E-state index in [4.69, 9.17) is 26.5 Å². The third-order valence-electron chi connectivity index (χ3n) is 7.02. The lowest BCUT2D eigenvalue weighted by molar-refractivity contribution is -0.137. The van der Waals surface area contributed by atoms with Gasteiger partial charge < -0.3 is 9.94 Å². The second-order valence-electron chi connectivity index (χ2n) is 9.79. The summed E-state index contributed by atoms with van der Waals surface area (Å²) in [6.07, 6.45) is 6.50. The fraction of sp³-hybridized carbons (Fsp3) is 0.276. The number of aryl methyl sites for hydroxylation is 1. The van der Waals surface area contributed by atoms with E-state index in [0.717, 1.165) is 26.5 Å². The molecule has 0 amide bonds. The van der Waals surface area contributed by atoms with Gasteiger partial charge >= 0.3 is 5.97 Å². The zero-order valence-electron chi connectivity index (χ0n) is 21.2. The first-order valence-electron chi connectivity index (χ1n) is 13.0. The molecule has 0 spiro atoms. The van der Waals surface area contributed by atoms with E-state index in [-0.39, 0.29) is 30.0 Å². The summed E-state index contributed by atoms with van der Waals surface area (Å²) < 4.78 is 16.2. The Kier molecular flexibility index (Phi) is 7.20. The van der Waals surface area contributed by atoms with Crippen LogP contribution in [0.15, 0.2) is 70.4 Å². The number of hydrogen-bond acceptors (Lipinski definition) is 7. The van der Waals surface area contributed by atoms with Gasteiger partial charge in [0.1, 0.15) is 16.7 Å². The molecule has 2 aliphatic rings. The fourth-order valence-electron chi connectivity index (χ4n) is 5.01. The van der Waals surface area contributed by atoms with Gasteiger partial charge in [-0.1, -0.05) is 28.9 Å². The van der Waals surface area contributed by atoms with Crippen molar-refractivity contribution in [1.82, 2.24) is 14.5 Å². The minimum atomic E-state index is -0.864. The van der Waals surface area contributed by atoms with Gasteiger partial charge in [0.15, 0.2) is 6.10 Å². The number of fused-ring (bicyclic) bond motifs is 2. The zero-order chi connectivity index (χ0) is 27.8. The molecule has 2 aromatic carbocycles. The number of allylic oxidation sites excluding steroid dienone is 4. The SMILES string of the molecule is O=C(O)CCCCc1nc2cc(C3=NOC(c4nc5ccc(Cl)cc5s4)C3)ccc2c(=O)n1C1C=CC(F)=CC1. The average molecular weight is 579 g/mol. The van der Waals surface area contributed by atoms with Crippen molar-refractivity contribution in [3.8, 4) is 0 Å². The maximum atomic E-state index is 13.7. The Labute approximate surface area is 237 Å². The number of halogens is 2. The van der Waals surface area contributed by atoms with Gasteiger partial charge in [0.05, 0.1) is 32.9 Å². The molecule has 11 heteroatoms. The van der Waals surface area contributed by atoms with E-state index in [0.29, 0.717) is 53.9 Å². The molecule has 0 saturated heterocycles. The normalized spacial score (nSPS) is 18.6. The summed E-state index contributed by atoms with van der Waals surface area (Å²) in [6.45, 7) is 0. The van der Waals surface area contributed by atoms with E-state index in [1.165, 1.54) is 23.5 Å². The third-order valence-corrected chi connectivity index (χ3v) is 8.37. The number of aromatic nitrogens is 3. The Morgan fingerprint density at radius 3 is 2.85 bits per heavy atom. The Morgan fingerprint density at radius 1 is 1.18 bits per heavy atom. The van der Waals surface area contributed by atoms with E-state index in [9.17, 15) is 14.0 Å². The van der Waals surface area contributed by atoms with Gasteiger partial charge in [-0.2, -0.15) is 0 Å². The number of nitrogens with zero attached hydrogens (tertiary/aromatic N) is 4. The quantitative estimate of drug-likeness (QED) is 0.234. The van der Waals surface area contributed by atoms with Crippen LogP contribution in [0.4, 0.5) is 4.39 Å². The predicted octanol–water partition coefficient (Wildman–Crippen LogP) is 6.68. The second kappa shape index (κ2) is 10.9. The first kappa shape index (κ1) is 26.3. The maximum absolute atomic E-state index is 13.7.